The Morgan fingerprint density at radius 1 is 1.24 bits per heavy atom. The maximum atomic E-state index is 11.8. The lowest BCUT2D eigenvalue weighted by molar-refractivity contribution is -0.138. The Morgan fingerprint density at radius 2 is 1.88 bits per heavy atom. The van der Waals surface area contributed by atoms with Gasteiger partial charge in [0.2, 0.25) is 5.91 Å². The van der Waals surface area contributed by atoms with Crippen molar-refractivity contribution in [3.8, 4) is 0 Å². The summed E-state index contributed by atoms with van der Waals surface area (Å²) in [4.78, 5) is 11.2. The van der Waals surface area contributed by atoms with Crippen LogP contribution >= 0.6 is 23.2 Å². The second-order valence-corrected chi connectivity index (χ2v) is 4.13. The highest BCUT2D eigenvalue weighted by molar-refractivity contribution is 6.42. The van der Waals surface area contributed by atoms with Crippen LogP contribution in [0.4, 0.5) is 13.2 Å². The van der Waals surface area contributed by atoms with Gasteiger partial charge in [-0.2, -0.15) is 13.2 Å². The average molecular weight is 286 g/mol. The molecule has 1 rings (SSSR count). The van der Waals surface area contributed by atoms with E-state index in [0.717, 1.165) is 0 Å². The summed E-state index contributed by atoms with van der Waals surface area (Å²) in [7, 11) is 0. The molecule has 0 aromatic heterocycles. The number of carbonyl (C=O) groups is 1. The molecule has 0 aliphatic carbocycles. The van der Waals surface area contributed by atoms with Gasteiger partial charge in [0, 0.05) is 0 Å². The molecule has 0 unspecified atom stereocenters. The minimum atomic E-state index is -4.41. The molecule has 0 atom stereocenters. The van der Waals surface area contributed by atoms with E-state index >= 15 is 0 Å². The lowest BCUT2D eigenvalue weighted by Gasteiger charge is -2.08. The zero-order chi connectivity index (χ0) is 13.1. The smallest absolute Gasteiger partial charge is 0.347 e. The summed E-state index contributed by atoms with van der Waals surface area (Å²) < 4.78 is 35.5. The van der Waals surface area contributed by atoms with Gasteiger partial charge in [-0.15, -0.1) is 0 Å². The van der Waals surface area contributed by atoms with E-state index in [4.69, 9.17) is 23.2 Å². The third kappa shape index (κ3) is 5.28. The number of benzene rings is 1. The summed E-state index contributed by atoms with van der Waals surface area (Å²) >= 11 is 11.4. The molecule has 0 aliphatic heterocycles. The summed E-state index contributed by atoms with van der Waals surface area (Å²) in [5.74, 6) is -0.722. The van der Waals surface area contributed by atoms with E-state index in [-0.39, 0.29) is 11.4 Å². The highest BCUT2D eigenvalue weighted by atomic mass is 35.5. The second kappa shape index (κ2) is 5.60. The Hall–Kier alpha value is -0.940. The molecule has 1 aromatic carbocycles. The van der Waals surface area contributed by atoms with Crippen molar-refractivity contribution in [2.75, 3.05) is 6.54 Å². The van der Waals surface area contributed by atoms with Crippen LogP contribution in [0.5, 0.6) is 0 Å². The van der Waals surface area contributed by atoms with Crippen LogP contribution in [-0.4, -0.2) is 18.6 Å². The molecule has 0 aliphatic rings. The minimum absolute atomic E-state index is 0.174. The summed E-state index contributed by atoms with van der Waals surface area (Å²) in [6.45, 7) is -1.34. The topological polar surface area (TPSA) is 29.1 Å². The first-order chi connectivity index (χ1) is 7.78. The normalized spacial score (nSPS) is 11.4. The zero-order valence-electron chi connectivity index (χ0n) is 8.44. The number of nitrogens with one attached hydrogen (secondary N) is 1. The molecule has 0 bridgehead atoms. The minimum Gasteiger partial charge on any atom is -0.347 e. The number of halogens is 5. The maximum Gasteiger partial charge on any atom is 0.405 e. The molecule has 17 heavy (non-hydrogen) atoms. The molecule has 0 fully saturated rings. The fraction of sp³-hybridized carbons (Fsp3) is 0.300. The summed E-state index contributed by atoms with van der Waals surface area (Å²) in [5, 5.41) is 2.35. The van der Waals surface area contributed by atoms with Crippen molar-refractivity contribution in [2.24, 2.45) is 0 Å². The third-order valence-electron chi connectivity index (χ3n) is 1.83. The van der Waals surface area contributed by atoms with E-state index in [1.54, 1.807) is 5.32 Å². The quantitative estimate of drug-likeness (QED) is 0.908. The molecule has 94 valence electrons. The molecule has 0 radical (unpaired) electrons. The lowest BCUT2D eigenvalue weighted by atomic mass is 10.1. The molecular weight excluding hydrogens is 278 g/mol. The van der Waals surface area contributed by atoms with E-state index in [1.165, 1.54) is 18.2 Å². The predicted molar refractivity (Wildman–Crippen MR) is 59.2 cm³/mol. The van der Waals surface area contributed by atoms with Gasteiger partial charge in [-0.25, -0.2) is 0 Å². The van der Waals surface area contributed by atoms with Gasteiger partial charge < -0.3 is 5.32 Å². The average Bonchev–Trinajstić information content (AvgIpc) is 2.20. The maximum absolute atomic E-state index is 11.8. The first-order valence-corrected chi connectivity index (χ1v) is 5.31. The van der Waals surface area contributed by atoms with Gasteiger partial charge in [0.1, 0.15) is 6.54 Å². The Labute approximate surface area is 106 Å². The molecule has 0 saturated carbocycles. The number of alkyl halides is 3. The van der Waals surface area contributed by atoms with Gasteiger partial charge >= 0.3 is 6.18 Å². The van der Waals surface area contributed by atoms with Crippen LogP contribution in [-0.2, 0) is 11.2 Å². The standard InChI is InChI=1S/C10H8Cl2F3NO/c11-7-2-1-6(3-8(7)12)4-9(17)16-5-10(13,14)15/h1-3H,4-5H2,(H,16,17). The zero-order valence-corrected chi connectivity index (χ0v) is 9.96. The van der Waals surface area contributed by atoms with Crippen molar-refractivity contribution in [1.29, 1.82) is 0 Å². The molecule has 0 saturated heterocycles. The van der Waals surface area contributed by atoms with Gasteiger partial charge in [-0.05, 0) is 17.7 Å². The molecule has 0 spiro atoms. The first-order valence-electron chi connectivity index (χ1n) is 4.55. The molecule has 2 nitrogen and oxygen atoms in total. The molecule has 7 heteroatoms. The van der Waals surface area contributed by atoms with Gasteiger partial charge in [-0.3, -0.25) is 4.79 Å². The first kappa shape index (κ1) is 14.1. The number of hydrogen-bond donors (Lipinski definition) is 1. The van der Waals surface area contributed by atoms with E-state index in [0.29, 0.717) is 10.6 Å². The molecule has 0 heterocycles. The Bertz CT molecular complexity index is 421. The van der Waals surface area contributed by atoms with Gasteiger partial charge in [0.25, 0.3) is 0 Å². The molecular formula is C10H8Cl2F3NO. The fourth-order valence-electron chi connectivity index (χ4n) is 1.10. The van der Waals surface area contributed by atoms with Crippen LogP contribution in [0.15, 0.2) is 18.2 Å². The van der Waals surface area contributed by atoms with E-state index < -0.39 is 18.6 Å². The molecule has 1 aromatic rings. The fourth-order valence-corrected chi connectivity index (χ4v) is 1.42. The van der Waals surface area contributed by atoms with Crippen molar-refractivity contribution < 1.29 is 18.0 Å². The monoisotopic (exact) mass is 285 g/mol. The van der Waals surface area contributed by atoms with Crippen molar-refractivity contribution in [3.63, 3.8) is 0 Å². The Morgan fingerprint density at radius 3 is 2.41 bits per heavy atom. The third-order valence-corrected chi connectivity index (χ3v) is 2.57. The molecule has 1 N–H and O–H groups in total. The van der Waals surface area contributed by atoms with Gasteiger partial charge in [-0.1, -0.05) is 29.3 Å². The van der Waals surface area contributed by atoms with E-state index in [9.17, 15) is 18.0 Å². The van der Waals surface area contributed by atoms with Crippen molar-refractivity contribution in [3.05, 3.63) is 33.8 Å². The Kier molecular flexibility index (Phi) is 4.65. The highest BCUT2D eigenvalue weighted by Crippen LogP contribution is 2.22. The number of amides is 1. The number of carbonyl (C=O) groups excluding carboxylic acids is 1. The summed E-state index contributed by atoms with van der Waals surface area (Å²) in [5.41, 5.74) is 0.499. The van der Waals surface area contributed by atoms with E-state index in [1.807, 2.05) is 0 Å². The van der Waals surface area contributed by atoms with Crippen LogP contribution in [0, 0.1) is 0 Å². The van der Waals surface area contributed by atoms with E-state index in [2.05, 4.69) is 0 Å². The lowest BCUT2D eigenvalue weighted by Crippen LogP contribution is -2.34. The second-order valence-electron chi connectivity index (χ2n) is 3.32. The summed E-state index contributed by atoms with van der Waals surface area (Å²) in [6.07, 6.45) is -4.58. The Balaban J connectivity index is 2.54. The predicted octanol–water partition coefficient (Wildman–Crippen LogP) is 3.21. The molecule has 1 amide bonds. The van der Waals surface area contributed by atoms with Crippen molar-refractivity contribution >= 4 is 29.1 Å². The van der Waals surface area contributed by atoms with Crippen LogP contribution in [0.1, 0.15) is 5.56 Å². The van der Waals surface area contributed by atoms with Gasteiger partial charge in [0.05, 0.1) is 16.5 Å². The number of hydrogen-bond acceptors (Lipinski definition) is 1. The SMILES string of the molecule is O=C(Cc1ccc(Cl)c(Cl)c1)NCC(F)(F)F. The van der Waals surface area contributed by atoms with Crippen LogP contribution < -0.4 is 5.32 Å². The van der Waals surface area contributed by atoms with Crippen LogP contribution in [0.3, 0.4) is 0 Å². The van der Waals surface area contributed by atoms with Crippen LogP contribution in [0.25, 0.3) is 0 Å². The van der Waals surface area contributed by atoms with Crippen LogP contribution in [0.2, 0.25) is 10.0 Å². The summed E-state index contributed by atoms with van der Waals surface area (Å²) in [6, 6.07) is 4.45. The highest BCUT2D eigenvalue weighted by Gasteiger charge is 2.27. The van der Waals surface area contributed by atoms with Crippen molar-refractivity contribution in [1.82, 2.24) is 5.32 Å². The van der Waals surface area contributed by atoms with Crippen molar-refractivity contribution in [2.45, 2.75) is 12.6 Å². The number of rotatable bonds is 3. The largest absolute Gasteiger partial charge is 0.405 e. The van der Waals surface area contributed by atoms with Gasteiger partial charge in [0.15, 0.2) is 0 Å².